The third-order valence-corrected chi connectivity index (χ3v) is 5.49. The van der Waals surface area contributed by atoms with Crippen LogP contribution in [0.25, 0.3) is 0 Å². The lowest BCUT2D eigenvalue weighted by molar-refractivity contribution is -0.139. The van der Waals surface area contributed by atoms with Gasteiger partial charge in [0.2, 0.25) is 0 Å². The smallest absolute Gasteiger partial charge is 0.263 e. The van der Waals surface area contributed by atoms with Crippen molar-refractivity contribution in [1.82, 2.24) is 10.2 Å². The summed E-state index contributed by atoms with van der Waals surface area (Å²) in [6.07, 6.45) is 0.896. The first-order valence-electron chi connectivity index (χ1n) is 10.9. The van der Waals surface area contributed by atoms with Crippen LogP contribution in [-0.4, -0.2) is 48.6 Å². The minimum Gasteiger partial charge on any atom is -0.484 e. The van der Waals surface area contributed by atoms with Crippen molar-refractivity contribution >= 4 is 11.8 Å². The Morgan fingerprint density at radius 1 is 0.968 bits per heavy atom. The number of likely N-dealkylation sites (tertiary alicyclic amines) is 1. The monoisotopic (exact) mass is 424 g/mol. The zero-order chi connectivity index (χ0) is 22.2. The second-order valence-corrected chi connectivity index (χ2v) is 8.25. The normalized spacial score (nSPS) is 15.4. The molecule has 1 aliphatic heterocycles. The van der Waals surface area contributed by atoms with E-state index in [9.17, 15) is 9.59 Å². The van der Waals surface area contributed by atoms with Crippen LogP contribution in [0.1, 0.15) is 45.1 Å². The Morgan fingerprint density at radius 3 is 2.23 bits per heavy atom. The lowest BCUT2D eigenvalue weighted by Gasteiger charge is -2.33. The summed E-state index contributed by atoms with van der Waals surface area (Å²) < 4.78 is 11.3. The number of ether oxygens (including phenoxy) is 2. The fourth-order valence-corrected chi connectivity index (χ4v) is 3.62. The molecule has 6 nitrogen and oxygen atoms in total. The van der Waals surface area contributed by atoms with Gasteiger partial charge in [0.15, 0.2) is 12.7 Å². The molecule has 2 amide bonds. The highest BCUT2D eigenvalue weighted by molar-refractivity contribution is 5.81. The summed E-state index contributed by atoms with van der Waals surface area (Å²) in [5, 5.41) is 3.00. The largest absolute Gasteiger partial charge is 0.484 e. The molecule has 166 valence electrons. The molecule has 0 aliphatic carbocycles. The molecule has 1 atom stereocenters. The molecule has 0 saturated carbocycles. The van der Waals surface area contributed by atoms with Crippen LogP contribution in [0.2, 0.25) is 0 Å². The van der Waals surface area contributed by atoms with Crippen LogP contribution in [0.3, 0.4) is 0 Å². The molecule has 1 heterocycles. The molecule has 1 aliphatic rings. The lowest BCUT2D eigenvalue weighted by Crippen LogP contribution is -2.50. The first-order chi connectivity index (χ1) is 14.9. The Kier molecular flexibility index (Phi) is 7.93. The van der Waals surface area contributed by atoms with E-state index >= 15 is 0 Å². The van der Waals surface area contributed by atoms with Crippen molar-refractivity contribution in [3.05, 3.63) is 60.2 Å². The van der Waals surface area contributed by atoms with Gasteiger partial charge in [0.25, 0.3) is 11.8 Å². The number of carbonyl (C=O) groups is 2. The van der Waals surface area contributed by atoms with Gasteiger partial charge in [-0.3, -0.25) is 9.59 Å². The number of rotatable bonds is 8. The van der Waals surface area contributed by atoms with Crippen LogP contribution < -0.4 is 14.8 Å². The Hall–Kier alpha value is -3.02. The Bertz CT molecular complexity index is 844. The number of hydrogen-bond acceptors (Lipinski definition) is 4. The average Bonchev–Trinajstić information content (AvgIpc) is 2.79. The molecule has 0 spiro atoms. The summed E-state index contributed by atoms with van der Waals surface area (Å²) in [6, 6.07) is 17.2. The molecule has 0 aromatic heterocycles. The number of nitrogens with zero attached hydrogens (tertiary/aromatic N) is 1. The quantitative estimate of drug-likeness (QED) is 0.701. The number of para-hydroxylation sites is 1. The van der Waals surface area contributed by atoms with Crippen LogP contribution in [0.15, 0.2) is 54.6 Å². The van der Waals surface area contributed by atoms with Crippen LogP contribution in [0.5, 0.6) is 11.5 Å². The van der Waals surface area contributed by atoms with Gasteiger partial charge in [-0.15, -0.1) is 0 Å². The number of amides is 2. The van der Waals surface area contributed by atoms with E-state index in [4.69, 9.17) is 9.47 Å². The number of benzene rings is 2. The van der Waals surface area contributed by atoms with E-state index in [2.05, 4.69) is 19.2 Å². The minimum atomic E-state index is -0.546. The fourth-order valence-electron chi connectivity index (χ4n) is 3.62. The van der Waals surface area contributed by atoms with Gasteiger partial charge in [0, 0.05) is 19.1 Å². The van der Waals surface area contributed by atoms with Crippen LogP contribution in [-0.2, 0) is 9.59 Å². The Labute approximate surface area is 184 Å². The number of piperidine rings is 1. The molecule has 1 saturated heterocycles. The van der Waals surface area contributed by atoms with E-state index in [1.54, 1.807) is 6.92 Å². The summed E-state index contributed by atoms with van der Waals surface area (Å²) in [6.45, 7) is 7.26. The van der Waals surface area contributed by atoms with Crippen LogP contribution in [0.4, 0.5) is 0 Å². The molecule has 1 fully saturated rings. The maximum absolute atomic E-state index is 12.8. The Morgan fingerprint density at radius 2 is 1.61 bits per heavy atom. The van der Waals surface area contributed by atoms with Crippen molar-refractivity contribution in [2.75, 3.05) is 19.7 Å². The topological polar surface area (TPSA) is 67.9 Å². The van der Waals surface area contributed by atoms with Crippen molar-refractivity contribution in [3.63, 3.8) is 0 Å². The van der Waals surface area contributed by atoms with Crippen molar-refractivity contribution < 1.29 is 19.1 Å². The first kappa shape index (κ1) is 22.7. The maximum atomic E-state index is 12.8. The Balaban J connectivity index is 1.40. The zero-order valence-electron chi connectivity index (χ0n) is 18.5. The van der Waals surface area contributed by atoms with Crippen LogP contribution in [0, 0.1) is 0 Å². The third kappa shape index (κ3) is 6.74. The predicted molar refractivity (Wildman–Crippen MR) is 120 cm³/mol. The SMILES string of the molecule is CC(Oc1ccc(C(C)C)cc1)C(=O)N1CCC(NC(=O)COc2ccccc2)CC1. The average molecular weight is 425 g/mol. The summed E-state index contributed by atoms with van der Waals surface area (Å²) in [4.78, 5) is 26.7. The minimum absolute atomic E-state index is 0.0103. The maximum Gasteiger partial charge on any atom is 0.263 e. The molecule has 1 N–H and O–H groups in total. The van der Waals surface area contributed by atoms with Gasteiger partial charge in [-0.1, -0.05) is 44.2 Å². The van der Waals surface area contributed by atoms with Gasteiger partial charge >= 0.3 is 0 Å². The molecule has 6 heteroatoms. The molecule has 1 unspecified atom stereocenters. The molecule has 0 radical (unpaired) electrons. The number of nitrogens with one attached hydrogen (secondary N) is 1. The van der Waals surface area contributed by atoms with Gasteiger partial charge in [0.1, 0.15) is 11.5 Å². The standard InChI is InChI=1S/C25H32N2O4/c1-18(2)20-9-11-23(12-10-20)31-19(3)25(29)27-15-13-21(14-16-27)26-24(28)17-30-22-7-5-4-6-8-22/h4-12,18-19,21H,13-17H2,1-3H3,(H,26,28). The predicted octanol–water partition coefficient (Wildman–Crippen LogP) is 3.76. The van der Waals surface area contributed by atoms with Gasteiger partial charge in [-0.05, 0) is 55.5 Å². The van der Waals surface area contributed by atoms with E-state index in [-0.39, 0.29) is 24.5 Å². The molecule has 31 heavy (non-hydrogen) atoms. The van der Waals surface area contributed by atoms with Crippen molar-refractivity contribution in [2.24, 2.45) is 0 Å². The van der Waals surface area contributed by atoms with Crippen LogP contribution >= 0.6 is 0 Å². The molecule has 2 aromatic carbocycles. The van der Waals surface area contributed by atoms with Gasteiger partial charge in [-0.2, -0.15) is 0 Å². The zero-order valence-corrected chi connectivity index (χ0v) is 18.5. The molecular weight excluding hydrogens is 392 g/mol. The number of hydrogen-bond donors (Lipinski definition) is 1. The highest BCUT2D eigenvalue weighted by atomic mass is 16.5. The fraction of sp³-hybridized carbons (Fsp3) is 0.440. The second-order valence-electron chi connectivity index (χ2n) is 8.25. The van der Waals surface area contributed by atoms with Gasteiger partial charge in [-0.25, -0.2) is 0 Å². The van der Waals surface area contributed by atoms with E-state index in [0.29, 0.717) is 30.5 Å². The lowest BCUT2D eigenvalue weighted by atomic mass is 10.0. The summed E-state index contributed by atoms with van der Waals surface area (Å²) >= 11 is 0. The first-order valence-corrected chi connectivity index (χ1v) is 10.9. The molecule has 2 aromatic rings. The summed E-state index contributed by atoms with van der Waals surface area (Å²) in [5.74, 6) is 1.66. The third-order valence-electron chi connectivity index (χ3n) is 5.49. The van der Waals surface area contributed by atoms with E-state index in [1.165, 1.54) is 5.56 Å². The van der Waals surface area contributed by atoms with Gasteiger partial charge in [0.05, 0.1) is 0 Å². The second kappa shape index (κ2) is 10.8. The van der Waals surface area contributed by atoms with Gasteiger partial charge < -0.3 is 19.7 Å². The van der Waals surface area contributed by atoms with Crippen molar-refractivity contribution in [1.29, 1.82) is 0 Å². The summed E-state index contributed by atoms with van der Waals surface area (Å²) in [7, 11) is 0. The highest BCUT2D eigenvalue weighted by Gasteiger charge is 2.27. The molecule has 3 rings (SSSR count). The van der Waals surface area contributed by atoms with E-state index in [0.717, 1.165) is 12.8 Å². The van der Waals surface area contributed by atoms with Crippen molar-refractivity contribution in [3.8, 4) is 11.5 Å². The highest BCUT2D eigenvalue weighted by Crippen LogP contribution is 2.20. The summed E-state index contributed by atoms with van der Waals surface area (Å²) in [5.41, 5.74) is 1.24. The number of carbonyl (C=O) groups excluding carboxylic acids is 2. The van der Waals surface area contributed by atoms with Crippen molar-refractivity contribution in [2.45, 2.75) is 51.7 Å². The molecule has 0 bridgehead atoms. The molecular formula is C25H32N2O4. The van der Waals surface area contributed by atoms with E-state index < -0.39 is 6.10 Å². The van der Waals surface area contributed by atoms with E-state index in [1.807, 2.05) is 59.5 Å².